The maximum absolute atomic E-state index is 13.6. The zero-order chi connectivity index (χ0) is 23.9. The number of halogens is 1. The minimum Gasteiger partial charge on any atom is -0.306 e. The molecule has 1 aliphatic heterocycles. The topological polar surface area (TPSA) is 97.2 Å². The minimum absolute atomic E-state index is 0.175. The smallest absolute Gasteiger partial charge is 0.256 e. The van der Waals surface area contributed by atoms with E-state index in [1.54, 1.807) is 19.1 Å². The first kappa shape index (κ1) is 22.6. The van der Waals surface area contributed by atoms with Gasteiger partial charge >= 0.3 is 0 Å². The third-order valence-electron chi connectivity index (χ3n) is 5.66. The number of nitrogens with one attached hydrogen (secondary N) is 1. The molecule has 1 aliphatic rings. The van der Waals surface area contributed by atoms with Gasteiger partial charge in [-0.25, -0.2) is 17.8 Å². The minimum atomic E-state index is -3.56. The second kappa shape index (κ2) is 8.90. The summed E-state index contributed by atoms with van der Waals surface area (Å²) < 4.78 is 42.9. The van der Waals surface area contributed by atoms with Crippen molar-refractivity contribution in [3.05, 3.63) is 65.6 Å². The molecule has 5 rings (SSSR count). The number of anilines is 1. The summed E-state index contributed by atoms with van der Waals surface area (Å²) in [4.78, 5) is 17.6. The Morgan fingerprint density at radius 2 is 1.79 bits per heavy atom. The van der Waals surface area contributed by atoms with Gasteiger partial charge < -0.3 is 5.32 Å². The van der Waals surface area contributed by atoms with Gasteiger partial charge in [-0.3, -0.25) is 4.79 Å². The number of hydrogen-bond acceptors (Lipinski definition) is 6. The van der Waals surface area contributed by atoms with E-state index in [0.717, 1.165) is 19.3 Å². The summed E-state index contributed by atoms with van der Waals surface area (Å²) >= 11 is 1.26. The van der Waals surface area contributed by atoms with Crippen molar-refractivity contribution >= 4 is 43.3 Å². The number of sulfonamides is 1. The van der Waals surface area contributed by atoms with Crippen molar-refractivity contribution in [2.75, 3.05) is 18.4 Å². The lowest BCUT2D eigenvalue weighted by atomic mass is 10.2. The van der Waals surface area contributed by atoms with Gasteiger partial charge in [0.15, 0.2) is 0 Å². The van der Waals surface area contributed by atoms with Crippen molar-refractivity contribution in [2.45, 2.75) is 31.1 Å². The highest BCUT2D eigenvalue weighted by Gasteiger charge is 2.26. The van der Waals surface area contributed by atoms with Crippen molar-refractivity contribution in [1.29, 1.82) is 0 Å². The van der Waals surface area contributed by atoms with Crippen molar-refractivity contribution in [1.82, 2.24) is 19.1 Å². The fourth-order valence-electron chi connectivity index (χ4n) is 3.93. The molecule has 1 N–H and O–H groups in total. The predicted octanol–water partition coefficient (Wildman–Crippen LogP) is 4.36. The first-order valence-electron chi connectivity index (χ1n) is 10.9. The van der Waals surface area contributed by atoms with Crippen LogP contribution in [-0.2, 0) is 10.0 Å². The first-order chi connectivity index (χ1) is 16.3. The van der Waals surface area contributed by atoms with Crippen molar-refractivity contribution in [3.8, 4) is 5.13 Å². The van der Waals surface area contributed by atoms with Gasteiger partial charge in [-0.05, 0) is 62.2 Å². The number of piperidine rings is 1. The summed E-state index contributed by atoms with van der Waals surface area (Å²) in [5.41, 5.74) is 1.62. The number of carbonyl (C=O) groups is 1. The van der Waals surface area contributed by atoms with Crippen LogP contribution in [0.5, 0.6) is 0 Å². The molecule has 0 bridgehead atoms. The Labute approximate surface area is 200 Å². The van der Waals surface area contributed by atoms with E-state index in [2.05, 4.69) is 15.4 Å². The zero-order valence-corrected chi connectivity index (χ0v) is 20.0. The first-order valence-corrected chi connectivity index (χ1v) is 13.1. The van der Waals surface area contributed by atoms with Gasteiger partial charge in [-0.1, -0.05) is 17.8 Å². The lowest BCUT2D eigenvalue weighted by molar-refractivity contribution is 0.102. The molecule has 11 heteroatoms. The number of aromatic nitrogens is 3. The van der Waals surface area contributed by atoms with Crippen LogP contribution < -0.4 is 5.32 Å². The summed E-state index contributed by atoms with van der Waals surface area (Å²) in [5, 5.41) is 7.73. The molecule has 0 saturated carbocycles. The molecular weight excluding hydrogens is 477 g/mol. The van der Waals surface area contributed by atoms with Crippen LogP contribution in [-0.4, -0.2) is 46.5 Å². The molecule has 0 spiro atoms. The summed E-state index contributed by atoms with van der Waals surface area (Å²) in [7, 11) is -3.56. The molecular formula is C23H22FN5O3S2. The quantitative estimate of drug-likeness (QED) is 0.440. The molecule has 0 atom stereocenters. The molecule has 1 fully saturated rings. The Morgan fingerprint density at radius 1 is 1.06 bits per heavy atom. The summed E-state index contributed by atoms with van der Waals surface area (Å²) in [6.07, 6.45) is 2.75. The van der Waals surface area contributed by atoms with Gasteiger partial charge in [-0.15, -0.1) is 0 Å². The molecule has 2 aromatic heterocycles. The van der Waals surface area contributed by atoms with E-state index >= 15 is 0 Å². The second-order valence-corrected chi connectivity index (χ2v) is 11.1. The van der Waals surface area contributed by atoms with Crippen LogP contribution in [0, 0.1) is 12.7 Å². The molecule has 3 heterocycles. The van der Waals surface area contributed by atoms with Gasteiger partial charge in [0.25, 0.3) is 5.91 Å². The number of carbonyl (C=O) groups excluding carboxylic acids is 1. The van der Waals surface area contributed by atoms with Crippen LogP contribution in [0.3, 0.4) is 0 Å². The number of hydrogen-bond donors (Lipinski definition) is 1. The fourth-order valence-corrected chi connectivity index (χ4v) is 6.41. The molecule has 2 aromatic carbocycles. The largest absolute Gasteiger partial charge is 0.306 e. The third-order valence-corrected chi connectivity index (χ3v) is 8.57. The van der Waals surface area contributed by atoms with Crippen LogP contribution in [0.4, 0.5) is 10.2 Å². The van der Waals surface area contributed by atoms with Crippen LogP contribution in [0.15, 0.2) is 53.4 Å². The van der Waals surface area contributed by atoms with Crippen LogP contribution >= 0.6 is 11.3 Å². The number of rotatable bonds is 5. The van der Waals surface area contributed by atoms with Gasteiger partial charge in [0.05, 0.1) is 20.8 Å². The van der Waals surface area contributed by atoms with E-state index in [4.69, 9.17) is 0 Å². The Bertz CT molecular complexity index is 1470. The maximum atomic E-state index is 13.6. The number of fused-ring (bicyclic) bond motifs is 1. The maximum Gasteiger partial charge on any atom is 0.256 e. The molecule has 0 aliphatic carbocycles. The summed E-state index contributed by atoms with van der Waals surface area (Å²) in [5.74, 6) is -0.346. The molecule has 1 saturated heterocycles. The van der Waals surface area contributed by atoms with E-state index in [1.807, 2.05) is 0 Å². The monoisotopic (exact) mass is 499 g/mol. The Balaban J connectivity index is 1.37. The zero-order valence-electron chi connectivity index (χ0n) is 18.4. The molecule has 1 amide bonds. The third kappa shape index (κ3) is 4.33. The highest BCUT2D eigenvalue weighted by molar-refractivity contribution is 7.89. The van der Waals surface area contributed by atoms with Crippen molar-refractivity contribution < 1.29 is 17.6 Å². The van der Waals surface area contributed by atoms with Crippen LogP contribution in [0.1, 0.15) is 35.3 Å². The van der Waals surface area contributed by atoms with Gasteiger partial charge in [-0.2, -0.15) is 14.1 Å². The number of thiazole rings is 1. The second-order valence-electron chi connectivity index (χ2n) is 8.13. The van der Waals surface area contributed by atoms with E-state index in [0.29, 0.717) is 45.5 Å². The number of nitrogens with zero attached hydrogens (tertiary/aromatic N) is 4. The predicted molar refractivity (Wildman–Crippen MR) is 128 cm³/mol. The fraction of sp³-hybridized carbons (Fsp3) is 0.261. The molecule has 176 valence electrons. The SMILES string of the molecule is Cc1cc(NC(=O)c2ccc(S(=O)(=O)N3CCCCC3)cc2)n(-c2nc3ccc(F)cc3s2)n1. The molecule has 0 unspecified atom stereocenters. The lowest BCUT2D eigenvalue weighted by Gasteiger charge is -2.25. The average Bonchev–Trinajstić information content (AvgIpc) is 3.42. The van der Waals surface area contributed by atoms with E-state index in [-0.39, 0.29) is 10.7 Å². The number of amides is 1. The summed E-state index contributed by atoms with van der Waals surface area (Å²) in [6, 6.07) is 12.0. The van der Waals surface area contributed by atoms with E-state index in [1.165, 1.54) is 56.7 Å². The van der Waals surface area contributed by atoms with E-state index < -0.39 is 15.9 Å². The highest BCUT2D eigenvalue weighted by Crippen LogP contribution is 2.28. The average molecular weight is 500 g/mol. The molecule has 34 heavy (non-hydrogen) atoms. The van der Waals surface area contributed by atoms with Gasteiger partial charge in [0, 0.05) is 24.7 Å². The number of aryl methyl sites for hydroxylation is 1. The molecule has 8 nitrogen and oxygen atoms in total. The van der Waals surface area contributed by atoms with Crippen LogP contribution in [0.2, 0.25) is 0 Å². The van der Waals surface area contributed by atoms with E-state index in [9.17, 15) is 17.6 Å². The Hall–Kier alpha value is -3.15. The number of benzene rings is 2. The summed E-state index contributed by atoms with van der Waals surface area (Å²) in [6.45, 7) is 2.83. The van der Waals surface area contributed by atoms with Crippen molar-refractivity contribution in [3.63, 3.8) is 0 Å². The van der Waals surface area contributed by atoms with Crippen molar-refractivity contribution in [2.24, 2.45) is 0 Å². The lowest BCUT2D eigenvalue weighted by Crippen LogP contribution is -2.35. The molecule has 0 radical (unpaired) electrons. The highest BCUT2D eigenvalue weighted by atomic mass is 32.2. The normalized spacial score (nSPS) is 15.0. The van der Waals surface area contributed by atoms with Gasteiger partial charge in [0.1, 0.15) is 11.6 Å². The Kier molecular flexibility index (Phi) is 5.92. The molecule has 4 aromatic rings. The van der Waals surface area contributed by atoms with Crippen LogP contribution in [0.25, 0.3) is 15.3 Å². The standard InChI is InChI=1S/C23H22FN5O3S2/c1-15-13-21(29(27-15)23-25-19-10-7-17(24)14-20(19)33-23)26-22(30)16-5-8-18(9-6-16)34(31,32)28-11-3-2-4-12-28/h5-10,13-14H,2-4,11-12H2,1H3,(H,26,30). The Morgan fingerprint density at radius 3 is 2.53 bits per heavy atom. The van der Waals surface area contributed by atoms with Gasteiger partial charge in [0.2, 0.25) is 15.2 Å².